The molecule has 0 unspecified atom stereocenters. The molecule has 0 fully saturated rings. The number of nitrogens with two attached hydrogens (primary N) is 1. The number of nitrogens with one attached hydrogen (secondary N) is 2. The van der Waals surface area contributed by atoms with Crippen LogP contribution in [-0.2, 0) is 0 Å². The van der Waals surface area contributed by atoms with Gasteiger partial charge in [0.15, 0.2) is 0 Å². The van der Waals surface area contributed by atoms with E-state index in [0.29, 0.717) is 0 Å². The lowest BCUT2D eigenvalue weighted by atomic mass is 10.1. The molecule has 0 saturated heterocycles. The fourth-order valence-corrected chi connectivity index (χ4v) is 2.11. The molecule has 0 aliphatic carbocycles. The third kappa shape index (κ3) is 5.05. The van der Waals surface area contributed by atoms with Crippen molar-refractivity contribution in [2.24, 2.45) is 10.8 Å². The molecule has 0 bridgehead atoms. The van der Waals surface area contributed by atoms with E-state index in [1.807, 2.05) is 25.1 Å². The van der Waals surface area contributed by atoms with Crippen LogP contribution in [0.25, 0.3) is 0 Å². The summed E-state index contributed by atoms with van der Waals surface area (Å²) in [6.07, 6.45) is 2.93. The first-order valence-corrected chi connectivity index (χ1v) is 6.60. The normalized spacial score (nSPS) is 11.1. The van der Waals surface area contributed by atoms with E-state index < -0.39 is 0 Å². The second-order valence-corrected chi connectivity index (χ2v) is 4.84. The standard InChI is InChI=1S/C13H18N4S/c1-3-4-9-18-12-7-5-11(6-8-12)10(2)16-17-13(14)15/h3,5-8H,1,4,9H2,2H3,(H4,14,15,17). The van der Waals surface area contributed by atoms with Crippen molar-refractivity contribution < 1.29 is 0 Å². The van der Waals surface area contributed by atoms with Gasteiger partial charge in [-0.2, -0.15) is 5.10 Å². The minimum absolute atomic E-state index is 0.161. The molecule has 0 saturated carbocycles. The summed E-state index contributed by atoms with van der Waals surface area (Å²) in [7, 11) is 0. The van der Waals surface area contributed by atoms with Crippen molar-refractivity contribution >= 4 is 23.4 Å². The van der Waals surface area contributed by atoms with Crippen LogP contribution in [0.15, 0.2) is 46.9 Å². The minimum atomic E-state index is -0.161. The molecule has 1 aromatic carbocycles. The third-order valence-electron chi connectivity index (χ3n) is 2.21. The van der Waals surface area contributed by atoms with Gasteiger partial charge in [0.05, 0.1) is 5.71 Å². The Morgan fingerprint density at radius 3 is 2.72 bits per heavy atom. The van der Waals surface area contributed by atoms with Gasteiger partial charge in [-0.15, -0.1) is 18.3 Å². The lowest BCUT2D eigenvalue weighted by Crippen LogP contribution is -2.26. The molecule has 18 heavy (non-hydrogen) atoms. The number of benzene rings is 1. The van der Waals surface area contributed by atoms with Crippen LogP contribution in [0.2, 0.25) is 0 Å². The molecule has 5 heteroatoms. The van der Waals surface area contributed by atoms with E-state index in [-0.39, 0.29) is 5.96 Å². The predicted molar refractivity (Wildman–Crippen MR) is 79.2 cm³/mol. The summed E-state index contributed by atoms with van der Waals surface area (Å²) in [4.78, 5) is 1.23. The predicted octanol–water partition coefficient (Wildman–Crippen LogP) is 2.56. The van der Waals surface area contributed by atoms with E-state index in [9.17, 15) is 0 Å². The van der Waals surface area contributed by atoms with Crippen molar-refractivity contribution in [1.29, 1.82) is 5.41 Å². The highest BCUT2D eigenvalue weighted by Crippen LogP contribution is 2.19. The van der Waals surface area contributed by atoms with Crippen LogP contribution in [0.3, 0.4) is 0 Å². The molecule has 0 aliphatic heterocycles. The van der Waals surface area contributed by atoms with E-state index in [1.54, 1.807) is 11.8 Å². The molecular weight excluding hydrogens is 244 g/mol. The molecule has 0 heterocycles. The second-order valence-electron chi connectivity index (χ2n) is 3.67. The molecule has 0 radical (unpaired) electrons. The van der Waals surface area contributed by atoms with Gasteiger partial charge in [0, 0.05) is 10.6 Å². The van der Waals surface area contributed by atoms with Crippen molar-refractivity contribution in [2.45, 2.75) is 18.2 Å². The van der Waals surface area contributed by atoms with Gasteiger partial charge in [0.1, 0.15) is 0 Å². The maximum atomic E-state index is 7.03. The van der Waals surface area contributed by atoms with E-state index in [2.05, 4.69) is 29.2 Å². The average molecular weight is 262 g/mol. The highest BCUT2D eigenvalue weighted by Gasteiger charge is 1.98. The van der Waals surface area contributed by atoms with Crippen LogP contribution in [0.5, 0.6) is 0 Å². The molecule has 0 spiro atoms. The Kier molecular flexibility index (Phi) is 6.00. The monoisotopic (exact) mass is 262 g/mol. The molecule has 1 rings (SSSR count). The van der Waals surface area contributed by atoms with E-state index in [1.165, 1.54) is 4.90 Å². The SMILES string of the molecule is C=CCCSc1ccc(C(C)=NNC(=N)N)cc1. The van der Waals surface area contributed by atoms with Gasteiger partial charge >= 0.3 is 0 Å². The Balaban J connectivity index is 2.61. The fraction of sp³-hybridized carbons (Fsp3) is 0.231. The fourth-order valence-electron chi connectivity index (χ4n) is 1.26. The smallest absolute Gasteiger partial charge is 0.206 e. The van der Waals surface area contributed by atoms with Crippen molar-refractivity contribution in [3.05, 3.63) is 42.5 Å². The van der Waals surface area contributed by atoms with Crippen molar-refractivity contribution in [1.82, 2.24) is 5.43 Å². The quantitative estimate of drug-likeness (QED) is 0.184. The second kappa shape index (κ2) is 7.55. The lowest BCUT2D eigenvalue weighted by molar-refractivity contribution is 0.991. The largest absolute Gasteiger partial charge is 0.369 e. The van der Waals surface area contributed by atoms with Crippen LogP contribution in [-0.4, -0.2) is 17.4 Å². The average Bonchev–Trinajstić information content (AvgIpc) is 2.37. The number of hydrogen-bond donors (Lipinski definition) is 3. The highest BCUT2D eigenvalue weighted by atomic mass is 32.2. The Bertz CT molecular complexity index is 437. The minimum Gasteiger partial charge on any atom is -0.369 e. The molecule has 0 amide bonds. The summed E-state index contributed by atoms with van der Waals surface area (Å²) < 4.78 is 0. The first-order chi connectivity index (χ1) is 8.63. The number of allylic oxidation sites excluding steroid dienone is 1. The summed E-state index contributed by atoms with van der Waals surface area (Å²) >= 11 is 1.80. The van der Waals surface area contributed by atoms with Crippen molar-refractivity contribution in [3.63, 3.8) is 0 Å². The zero-order chi connectivity index (χ0) is 13.4. The van der Waals surface area contributed by atoms with Crippen LogP contribution in [0.1, 0.15) is 18.9 Å². The molecule has 96 valence electrons. The first-order valence-electron chi connectivity index (χ1n) is 5.62. The number of guanidine groups is 1. The summed E-state index contributed by atoms with van der Waals surface area (Å²) in [6.45, 7) is 5.57. The highest BCUT2D eigenvalue weighted by molar-refractivity contribution is 7.99. The summed E-state index contributed by atoms with van der Waals surface area (Å²) in [6, 6.07) is 8.15. The summed E-state index contributed by atoms with van der Waals surface area (Å²) in [5.74, 6) is 0.882. The van der Waals surface area contributed by atoms with E-state index >= 15 is 0 Å². The van der Waals surface area contributed by atoms with Crippen LogP contribution >= 0.6 is 11.8 Å². The molecule has 4 nitrogen and oxygen atoms in total. The molecule has 0 atom stereocenters. The van der Waals surface area contributed by atoms with Crippen molar-refractivity contribution in [3.8, 4) is 0 Å². The molecule has 0 aromatic heterocycles. The van der Waals surface area contributed by atoms with Crippen LogP contribution in [0.4, 0.5) is 0 Å². The Morgan fingerprint density at radius 2 is 2.17 bits per heavy atom. The topological polar surface area (TPSA) is 74.3 Å². The molecule has 4 N–H and O–H groups in total. The number of nitrogens with zero attached hydrogens (tertiary/aromatic N) is 1. The molecule has 1 aromatic rings. The van der Waals surface area contributed by atoms with Gasteiger partial charge in [-0.3, -0.25) is 5.41 Å². The number of hydrogen-bond acceptors (Lipinski definition) is 3. The number of rotatable bonds is 6. The summed E-state index contributed by atoms with van der Waals surface area (Å²) in [5, 5.41) is 11.0. The van der Waals surface area contributed by atoms with Gasteiger partial charge < -0.3 is 5.73 Å². The molecule has 0 aliphatic rings. The number of hydrazone groups is 1. The van der Waals surface area contributed by atoms with Gasteiger partial charge in [-0.05, 0) is 31.0 Å². The zero-order valence-corrected chi connectivity index (χ0v) is 11.3. The van der Waals surface area contributed by atoms with Crippen molar-refractivity contribution in [2.75, 3.05) is 5.75 Å². The third-order valence-corrected chi connectivity index (χ3v) is 3.25. The Morgan fingerprint density at radius 1 is 1.50 bits per heavy atom. The van der Waals surface area contributed by atoms with Crippen LogP contribution < -0.4 is 11.2 Å². The van der Waals surface area contributed by atoms with Gasteiger partial charge in [0.2, 0.25) is 5.96 Å². The van der Waals surface area contributed by atoms with Gasteiger partial charge in [-0.1, -0.05) is 18.2 Å². The van der Waals surface area contributed by atoms with E-state index in [4.69, 9.17) is 11.1 Å². The van der Waals surface area contributed by atoms with E-state index in [0.717, 1.165) is 23.4 Å². The maximum absolute atomic E-state index is 7.03. The van der Waals surface area contributed by atoms with Gasteiger partial charge in [-0.25, -0.2) is 5.43 Å². The maximum Gasteiger partial charge on any atom is 0.206 e. The van der Waals surface area contributed by atoms with Gasteiger partial charge in [0.25, 0.3) is 0 Å². The molecular formula is C13H18N4S. The Hall–Kier alpha value is -1.75. The first kappa shape index (κ1) is 14.3. The Labute approximate surface area is 112 Å². The number of thioether (sulfide) groups is 1. The zero-order valence-electron chi connectivity index (χ0n) is 10.4. The summed E-state index contributed by atoms with van der Waals surface area (Å²) in [5.41, 5.74) is 9.41. The lowest BCUT2D eigenvalue weighted by Gasteiger charge is -2.04. The van der Waals surface area contributed by atoms with Crippen LogP contribution in [0, 0.1) is 5.41 Å².